The van der Waals surface area contributed by atoms with Gasteiger partial charge in [0.2, 0.25) is 5.88 Å². The van der Waals surface area contributed by atoms with Gasteiger partial charge in [0.15, 0.2) is 0 Å². The zero-order valence-electron chi connectivity index (χ0n) is 17.5. The van der Waals surface area contributed by atoms with Gasteiger partial charge in [0, 0.05) is 5.56 Å². The molecule has 35 heavy (non-hydrogen) atoms. The third kappa shape index (κ3) is 4.73. The van der Waals surface area contributed by atoms with Crippen LogP contribution in [0.1, 0.15) is 36.5 Å². The van der Waals surface area contributed by atoms with Crippen molar-refractivity contribution >= 4 is 5.97 Å². The second kappa shape index (κ2) is 8.97. The van der Waals surface area contributed by atoms with Gasteiger partial charge < -0.3 is 15.2 Å². The number of ether oxygens (including phenoxy) is 2. The fraction of sp³-hybridized carbons (Fsp3) is 0.400. The number of nitrogens with two attached hydrogens (primary N) is 1. The molecule has 0 fully saturated rings. The molecule has 1 unspecified atom stereocenters. The zero-order chi connectivity index (χ0) is 27.1. The number of hydrogen-bond donors (Lipinski definition) is 1. The molecule has 0 aliphatic carbocycles. The molecule has 0 saturated carbocycles. The summed E-state index contributed by atoms with van der Waals surface area (Å²) in [6, 6.07) is 1.44. The highest BCUT2D eigenvalue weighted by atomic mass is 19.4. The van der Waals surface area contributed by atoms with Crippen molar-refractivity contribution in [2.24, 2.45) is 5.73 Å². The minimum absolute atomic E-state index is 0.163. The van der Waals surface area contributed by atoms with Gasteiger partial charge in [0.1, 0.15) is 17.4 Å². The molecule has 1 aromatic rings. The molecule has 0 bridgehead atoms. The van der Waals surface area contributed by atoms with Crippen LogP contribution in [0.2, 0.25) is 0 Å². The average Bonchev–Trinajstić information content (AvgIpc) is 2.71. The number of nitrogens with zero attached hydrogens (tertiary/aromatic N) is 1. The molecular weight excluding hydrogens is 506 g/mol. The van der Waals surface area contributed by atoms with E-state index in [4.69, 9.17) is 15.2 Å². The summed E-state index contributed by atoms with van der Waals surface area (Å²) in [6.07, 6.45) is -12.7. The van der Waals surface area contributed by atoms with Crippen LogP contribution in [0.4, 0.5) is 43.9 Å². The summed E-state index contributed by atoms with van der Waals surface area (Å²) in [6.45, 7) is 2.17. The SMILES string of the molecule is CCOC(=O)C1=C(C)OC(N)=C(C#N)C1c1ccc(C(F)(F)F)c(C(F)(F)C(F)(F)C(F)(F)F)c1. The van der Waals surface area contributed by atoms with Gasteiger partial charge >= 0.3 is 30.2 Å². The van der Waals surface area contributed by atoms with Gasteiger partial charge in [-0.2, -0.15) is 49.2 Å². The first kappa shape index (κ1) is 27.8. The van der Waals surface area contributed by atoms with Crippen LogP contribution in [0.15, 0.2) is 41.0 Å². The predicted octanol–water partition coefficient (Wildman–Crippen LogP) is 5.64. The lowest BCUT2D eigenvalue weighted by atomic mass is 9.81. The van der Waals surface area contributed by atoms with Crippen LogP contribution in [0.25, 0.3) is 0 Å². The third-order valence-corrected chi connectivity index (χ3v) is 4.87. The maximum Gasteiger partial charge on any atom is 0.460 e. The number of carbonyl (C=O) groups excluding carboxylic acids is 1. The van der Waals surface area contributed by atoms with Gasteiger partial charge in [-0.3, -0.25) is 0 Å². The first-order valence-electron chi connectivity index (χ1n) is 9.32. The molecule has 1 atom stereocenters. The highest BCUT2D eigenvalue weighted by Gasteiger charge is 2.74. The van der Waals surface area contributed by atoms with E-state index < -0.39 is 69.8 Å². The summed E-state index contributed by atoms with van der Waals surface area (Å²) in [4.78, 5) is 12.4. The fourth-order valence-corrected chi connectivity index (χ4v) is 3.28. The first-order chi connectivity index (χ1) is 15.8. The number of allylic oxidation sites excluding steroid dienone is 2. The summed E-state index contributed by atoms with van der Waals surface area (Å²) in [7, 11) is 0. The molecule has 1 aliphatic rings. The van der Waals surface area contributed by atoms with Crippen LogP contribution in [0, 0.1) is 11.3 Å². The van der Waals surface area contributed by atoms with Crippen molar-refractivity contribution in [1.29, 1.82) is 5.26 Å². The minimum Gasteiger partial charge on any atom is -0.463 e. The lowest BCUT2D eigenvalue weighted by Gasteiger charge is -2.32. The minimum atomic E-state index is -6.93. The first-order valence-corrected chi connectivity index (χ1v) is 9.32. The maximum absolute atomic E-state index is 14.5. The largest absolute Gasteiger partial charge is 0.463 e. The summed E-state index contributed by atoms with van der Waals surface area (Å²) in [5.74, 6) is -17.5. The van der Waals surface area contributed by atoms with Crippen molar-refractivity contribution < 1.29 is 58.2 Å². The molecule has 0 aromatic heterocycles. The van der Waals surface area contributed by atoms with E-state index in [0.717, 1.165) is 6.92 Å². The lowest BCUT2D eigenvalue weighted by molar-refractivity contribution is -0.360. The van der Waals surface area contributed by atoms with Crippen molar-refractivity contribution in [1.82, 2.24) is 0 Å². The standard InChI is InChI=1S/C20H14F10N2O3/c1-3-34-16(33)13-8(2)35-15(32)10(7-31)14(13)9-4-5-11(18(23,24)25)12(6-9)17(21,22)19(26,27)20(28,29)30/h4-6,14H,3,32H2,1-2H3. The number of carbonyl (C=O) groups is 1. The Hall–Kier alpha value is -3.44. The Morgan fingerprint density at radius 1 is 1.09 bits per heavy atom. The number of hydrogen-bond acceptors (Lipinski definition) is 5. The Balaban J connectivity index is 2.93. The van der Waals surface area contributed by atoms with Crippen molar-refractivity contribution in [3.05, 3.63) is 57.7 Å². The summed E-state index contributed by atoms with van der Waals surface area (Å²) >= 11 is 0. The quantitative estimate of drug-likeness (QED) is 0.401. The second-order valence-corrected chi connectivity index (χ2v) is 7.06. The van der Waals surface area contributed by atoms with Crippen molar-refractivity contribution in [2.45, 2.75) is 44.0 Å². The molecule has 192 valence electrons. The smallest absolute Gasteiger partial charge is 0.460 e. The van der Waals surface area contributed by atoms with Gasteiger partial charge in [-0.15, -0.1) is 0 Å². The Labute approximate surface area is 190 Å². The highest BCUT2D eigenvalue weighted by molar-refractivity contribution is 5.92. The molecule has 1 aromatic carbocycles. The van der Waals surface area contributed by atoms with Gasteiger partial charge in [-0.05, 0) is 31.5 Å². The van der Waals surface area contributed by atoms with E-state index >= 15 is 0 Å². The summed E-state index contributed by atoms with van der Waals surface area (Å²) in [5, 5.41) is 9.42. The molecule has 0 amide bonds. The molecular formula is C20H14F10N2O3. The molecule has 2 N–H and O–H groups in total. The molecule has 0 saturated heterocycles. The number of esters is 1. The van der Waals surface area contributed by atoms with Gasteiger partial charge in [0.25, 0.3) is 0 Å². The molecule has 1 aliphatic heterocycles. The number of nitriles is 1. The van der Waals surface area contributed by atoms with Gasteiger partial charge in [-0.1, -0.05) is 6.07 Å². The van der Waals surface area contributed by atoms with E-state index in [-0.39, 0.29) is 24.5 Å². The summed E-state index contributed by atoms with van der Waals surface area (Å²) in [5.41, 5.74) is -1.85. The number of rotatable bonds is 5. The summed E-state index contributed by atoms with van der Waals surface area (Å²) < 4.78 is 144. The third-order valence-electron chi connectivity index (χ3n) is 4.87. The Morgan fingerprint density at radius 3 is 2.11 bits per heavy atom. The average molecular weight is 520 g/mol. The maximum atomic E-state index is 14.5. The Kier molecular flexibility index (Phi) is 7.13. The van der Waals surface area contributed by atoms with E-state index in [1.165, 1.54) is 13.0 Å². The fourth-order valence-electron chi connectivity index (χ4n) is 3.28. The van der Waals surface area contributed by atoms with E-state index in [9.17, 15) is 54.0 Å². The molecule has 1 heterocycles. The molecule has 0 spiro atoms. The molecule has 5 nitrogen and oxygen atoms in total. The Bertz CT molecular complexity index is 1130. The normalized spacial score (nSPS) is 17.7. The van der Waals surface area contributed by atoms with Crippen LogP contribution in [0.5, 0.6) is 0 Å². The van der Waals surface area contributed by atoms with E-state index in [2.05, 4.69) is 0 Å². The second-order valence-electron chi connectivity index (χ2n) is 7.06. The van der Waals surface area contributed by atoms with Crippen LogP contribution in [0.3, 0.4) is 0 Å². The predicted molar refractivity (Wildman–Crippen MR) is 96.3 cm³/mol. The molecule has 0 radical (unpaired) electrons. The van der Waals surface area contributed by atoms with Gasteiger partial charge in [0.05, 0.1) is 23.7 Å². The van der Waals surface area contributed by atoms with E-state index in [1.54, 1.807) is 0 Å². The molecule has 15 heteroatoms. The van der Waals surface area contributed by atoms with E-state index in [0.29, 0.717) is 6.07 Å². The topological polar surface area (TPSA) is 85.3 Å². The highest BCUT2D eigenvalue weighted by Crippen LogP contribution is 2.55. The van der Waals surface area contributed by atoms with Crippen molar-refractivity contribution in [3.63, 3.8) is 0 Å². The van der Waals surface area contributed by atoms with Crippen LogP contribution >= 0.6 is 0 Å². The van der Waals surface area contributed by atoms with E-state index in [1.807, 2.05) is 0 Å². The Morgan fingerprint density at radius 2 is 1.66 bits per heavy atom. The number of alkyl halides is 10. The van der Waals surface area contributed by atoms with Crippen LogP contribution in [-0.4, -0.2) is 24.7 Å². The monoisotopic (exact) mass is 520 g/mol. The zero-order valence-corrected chi connectivity index (χ0v) is 17.5. The number of benzene rings is 1. The molecule has 2 rings (SSSR count). The number of halogens is 10. The van der Waals surface area contributed by atoms with Gasteiger partial charge in [-0.25, -0.2) is 4.79 Å². The lowest BCUT2D eigenvalue weighted by Crippen LogP contribution is -2.50. The van der Waals surface area contributed by atoms with Crippen LogP contribution < -0.4 is 5.73 Å². The van der Waals surface area contributed by atoms with Crippen LogP contribution in [-0.2, 0) is 26.4 Å². The van der Waals surface area contributed by atoms with Crippen molar-refractivity contribution in [3.8, 4) is 6.07 Å². The van der Waals surface area contributed by atoms with Crippen molar-refractivity contribution in [2.75, 3.05) is 6.61 Å².